The van der Waals surface area contributed by atoms with Crippen LogP contribution in [0.1, 0.15) is 43.6 Å². The Kier molecular flexibility index (Phi) is 5.99. The van der Waals surface area contributed by atoms with Gasteiger partial charge in [0.1, 0.15) is 18.0 Å². The van der Waals surface area contributed by atoms with Crippen LogP contribution < -0.4 is 10.6 Å². The van der Waals surface area contributed by atoms with Crippen molar-refractivity contribution in [2.24, 2.45) is 0 Å². The summed E-state index contributed by atoms with van der Waals surface area (Å²) in [6.07, 6.45) is 3.75. The van der Waals surface area contributed by atoms with E-state index in [1.807, 2.05) is 0 Å². The number of hydrogen-bond donors (Lipinski definition) is 2. The minimum absolute atomic E-state index is 0.384. The van der Waals surface area contributed by atoms with Gasteiger partial charge in [-0.15, -0.1) is 11.3 Å². The first-order valence-corrected chi connectivity index (χ1v) is 8.45. The lowest BCUT2D eigenvalue weighted by Crippen LogP contribution is -2.13. The van der Waals surface area contributed by atoms with Crippen molar-refractivity contribution >= 4 is 23.0 Å². The Morgan fingerprint density at radius 3 is 2.43 bits per heavy atom. The molecular formula is C16H24N4S. The molecule has 0 saturated carbocycles. The zero-order chi connectivity index (χ0) is 15.1. The fraction of sp³-hybridized carbons (Fsp3) is 0.500. The fourth-order valence-electron chi connectivity index (χ4n) is 2.23. The first kappa shape index (κ1) is 15.8. The molecule has 0 aliphatic rings. The Balaban J connectivity index is 2.06. The highest BCUT2D eigenvalue weighted by atomic mass is 32.1. The quantitative estimate of drug-likeness (QED) is 0.769. The van der Waals surface area contributed by atoms with Crippen molar-refractivity contribution < 1.29 is 0 Å². The summed E-state index contributed by atoms with van der Waals surface area (Å²) in [6, 6.07) is 4.26. The summed E-state index contributed by atoms with van der Waals surface area (Å²) in [5.41, 5.74) is 1.18. The van der Waals surface area contributed by atoms with Crippen LogP contribution in [-0.2, 0) is 6.42 Å². The van der Waals surface area contributed by atoms with Crippen LogP contribution >= 0.6 is 11.3 Å². The van der Waals surface area contributed by atoms with Gasteiger partial charge in [-0.2, -0.15) is 0 Å². The van der Waals surface area contributed by atoms with E-state index >= 15 is 0 Å². The van der Waals surface area contributed by atoms with E-state index in [9.17, 15) is 0 Å². The average Bonchev–Trinajstić information content (AvgIpc) is 2.98. The first-order valence-electron chi connectivity index (χ1n) is 7.57. The molecule has 21 heavy (non-hydrogen) atoms. The lowest BCUT2D eigenvalue weighted by molar-refractivity contribution is 0.838. The number of nitrogens with zero attached hydrogens (tertiary/aromatic N) is 2. The summed E-state index contributed by atoms with van der Waals surface area (Å²) in [5, 5.41) is 8.98. The molecule has 0 saturated heterocycles. The molecule has 5 heteroatoms. The van der Waals surface area contributed by atoms with E-state index in [1.165, 1.54) is 10.4 Å². The molecule has 0 unspecified atom stereocenters. The number of rotatable bonds is 8. The number of thiophene rings is 1. The Labute approximate surface area is 131 Å². The Morgan fingerprint density at radius 2 is 1.86 bits per heavy atom. The van der Waals surface area contributed by atoms with E-state index in [0.29, 0.717) is 5.92 Å². The SMILES string of the molecule is CCCNc1ncnc(NCCc2cccs2)c1C(C)C. The summed E-state index contributed by atoms with van der Waals surface area (Å²) in [4.78, 5) is 10.2. The molecule has 0 fully saturated rings. The van der Waals surface area contributed by atoms with Crippen molar-refractivity contribution in [1.29, 1.82) is 0 Å². The van der Waals surface area contributed by atoms with Crippen LogP contribution in [0.4, 0.5) is 11.6 Å². The maximum Gasteiger partial charge on any atom is 0.134 e. The predicted molar refractivity (Wildman–Crippen MR) is 91.4 cm³/mol. The zero-order valence-corrected chi connectivity index (χ0v) is 13.8. The minimum Gasteiger partial charge on any atom is -0.370 e. The van der Waals surface area contributed by atoms with Crippen LogP contribution in [0.2, 0.25) is 0 Å². The van der Waals surface area contributed by atoms with Crippen molar-refractivity contribution in [3.8, 4) is 0 Å². The zero-order valence-electron chi connectivity index (χ0n) is 13.0. The molecule has 0 radical (unpaired) electrons. The van der Waals surface area contributed by atoms with Crippen molar-refractivity contribution in [2.75, 3.05) is 23.7 Å². The molecule has 0 aliphatic heterocycles. The van der Waals surface area contributed by atoms with E-state index in [0.717, 1.165) is 37.6 Å². The number of aromatic nitrogens is 2. The average molecular weight is 304 g/mol. The summed E-state index contributed by atoms with van der Waals surface area (Å²) >= 11 is 1.80. The number of nitrogens with one attached hydrogen (secondary N) is 2. The first-order chi connectivity index (χ1) is 10.2. The second-order valence-corrected chi connectivity index (χ2v) is 6.35. The largest absolute Gasteiger partial charge is 0.370 e. The van der Waals surface area contributed by atoms with Gasteiger partial charge in [0.15, 0.2) is 0 Å². The molecule has 2 heterocycles. The molecule has 0 aliphatic carbocycles. The third-order valence-electron chi connectivity index (χ3n) is 3.25. The maximum atomic E-state index is 4.43. The topological polar surface area (TPSA) is 49.8 Å². The molecule has 0 bridgehead atoms. The molecule has 4 nitrogen and oxygen atoms in total. The van der Waals surface area contributed by atoms with Crippen LogP contribution in [0, 0.1) is 0 Å². The Morgan fingerprint density at radius 1 is 1.14 bits per heavy atom. The van der Waals surface area contributed by atoms with Crippen LogP contribution in [0.3, 0.4) is 0 Å². The van der Waals surface area contributed by atoms with Gasteiger partial charge in [-0.05, 0) is 30.2 Å². The van der Waals surface area contributed by atoms with Gasteiger partial charge in [0.05, 0.1) is 0 Å². The van der Waals surface area contributed by atoms with Crippen molar-refractivity contribution in [2.45, 2.75) is 39.5 Å². The molecule has 2 aromatic rings. The lowest BCUT2D eigenvalue weighted by atomic mass is 10.0. The molecule has 2 rings (SSSR count). The molecule has 2 N–H and O–H groups in total. The third kappa shape index (κ3) is 4.43. The van der Waals surface area contributed by atoms with Crippen molar-refractivity contribution in [3.63, 3.8) is 0 Å². The molecule has 0 amide bonds. The lowest BCUT2D eigenvalue weighted by Gasteiger charge is -2.17. The van der Waals surface area contributed by atoms with Crippen molar-refractivity contribution in [3.05, 3.63) is 34.3 Å². The Bertz CT molecular complexity index is 537. The van der Waals surface area contributed by atoms with E-state index in [2.05, 4.69) is 58.9 Å². The van der Waals surface area contributed by atoms with E-state index in [1.54, 1.807) is 17.7 Å². The highest BCUT2D eigenvalue weighted by Gasteiger charge is 2.14. The van der Waals surface area contributed by atoms with Crippen LogP contribution in [0.5, 0.6) is 0 Å². The molecular weight excluding hydrogens is 280 g/mol. The second-order valence-electron chi connectivity index (χ2n) is 5.32. The second kappa shape index (κ2) is 7.98. The van der Waals surface area contributed by atoms with Crippen LogP contribution in [-0.4, -0.2) is 23.1 Å². The standard InChI is InChI=1S/C16H24N4S/c1-4-8-17-15-14(12(2)3)16(20-11-19-15)18-9-7-13-6-5-10-21-13/h5-6,10-12H,4,7-9H2,1-3H3,(H2,17,18,19,20). The third-order valence-corrected chi connectivity index (χ3v) is 4.18. The van der Waals surface area contributed by atoms with E-state index < -0.39 is 0 Å². The van der Waals surface area contributed by atoms with Gasteiger partial charge < -0.3 is 10.6 Å². The van der Waals surface area contributed by atoms with Crippen LogP contribution in [0.15, 0.2) is 23.8 Å². The van der Waals surface area contributed by atoms with Gasteiger partial charge in [-0.25, -0.2) is 9.97 Å². The molecule has 2 aromatic heterocycles. The van der Waals surface area contributed by atoms with Gasteiger partial charge in [0, 0.05) is 23.5 Å². The van der Waals surface area contributed by atoms with Gasteiger partial charge in [0.25, 0.3) is 0 Å². The predicted octanol–water partition coefficient (Wildman–Crippen LogP) is 4.14. The summed E-state index contributed by atoms with van der Waals surface area (Å²) in [5.74, 6) is 2.30. The highest BCUT2D eigenvalue weighted by molar-refractivity contribution is 7.09. The van der Waals surface area contributed by atoms with Gasteiger partial charge in [-0.1, -0.05) is 26.8 Å². The summed E-state index contributed by atoms with van der Waals surface area (Å²) in [7, 11) is 0. The molecule has 0 aromatic carbocycles. The normalized spacial score (nSPS) is 10.9. The van der Waals surface area contributed by atoms with E-state index in [-0.39, 0.29) is 0 Å². The summed E-state index contributed by atoms with van der Waals surface area (Å²) in [6.45, 7) is 8.35. The Hall–Kier alpha value is -1.62. The monoisotopic (exact) mass is 304 g/mol. The molecule has 114 valence electrons. The fourth-order valence-corrected chi connectivity index (χ4v) is 2.94. The smallest absolute Gasteiger partial charge is 0.134 e. The minimum atomic E-state index is 0.384. The van der Waals surface area contributed by atoms with Crippen LogP contribution in [0.25, 0.3) is 0 Å². The van der Waals surface area contributed by atoms with E-state index in [4.69, 9.17) is 0 Å². The highest BCUT2D eigenvalue weighted by Crippen LogP contribution is 2.28. The molecule has 0 spiro atoms. The maximum absolute atomic E-state index is 4.43. The van der Waals surface area contributed by atoms with Crippen molar-refractivity contribution in [1.82, 2.24) is 9.97 Å². The van der Waals surface area contributed by atoms with Gasteiger partial charge in [-0.3, -0.25) is 0 Å². The molecule has 0 atom stereocenters. The van der Waals surface area contributed by atoms with Gasteiger partial charge in [0.2, 0.25) is 0 Å². The number of hydrogen-bond acceptors (Lipinski definition) is 5. The summed E-state index contributed by atoms with van der Waals surface area (Å²) < 4.78 is 0. The van der Waals surface area contributed by atoms with Gasteiger partial charge >= 0.3 is 0 Å². The number of anilines is 2.